The number of pyridine rings is 1. The van der Waals surface area contributed by atoms with Gasteiger partial charge >= 0.3 is 0 Å². The van der Waals surface area contributed by atoms with E-state index in [1.54, 1.807) is 0 Å². The number of anilines is 1. The van der Waals surface area contributed by atoms with Gasteiger partial charge in [-0.2, -0.15) is 0 Å². The monoisotopic (exact) mass is 302 g/mol. The Bertz CT molecular complexity index is 346. The highest BCUT2D eigenvalue weighted by molar-refractivity contribution is 9.10. The summed E-state index contributed by atoms with van der Waals surface area (Å²) in [6.45, 7) is 1.10. The first-order valence-corrected chi connectivity index (χ1v) is 7.08. The standard InChI is InChI=1S/C12H16BrClN2/c13-11-9-15-6-5-12(11)16-7-3-1-2-4-10(16)8-14/h5-6,9-10H,1-4,7-8H2. The number of hydrogen-bond donors (Lipinski definition) is 0. The van der Waals surface area contributed by atoms with E-state index >= 15 is 0 Å². The summed E-state index contributed by atoms with van der Waals surface area (Å²) in [5.74, 6) is 0.703. The number of alkyl halides is 1. The van der Waals surface area contributed by atoms with Gasteiger partial charge < -0.3 is 4.90 Å². The van der Waals surface area contributed by atoms with Gasteiger partial charge in [0, 0.05) is 30.9 Å². The summed E-state index contributed by atoms with van der Waals surface area (Å²) in [4.78, 5) is 6.53. The molecule has 88 valence electrons. The number of halogens is 2. The summed E-state index contributed by atoms with van der Waals surface area (Å²) in [5.41, 5.74) is 1.22. The Morgan fingerprint density at radius 2 is 2.31 bits per heavy atom. The van der Waals surface area contributed by atoms with Gasteiger partial charge in [-0.3, -0.25) is 4.98 Å². The van der Waals surface area contributed by atoms with Crippen molar-refractivity contribution >= 4 is 33.2 Å². The maximum absolute atomic E-state index is 6.08. The number of rotatable bonds is 2. The minimum Gasteiger partial charge on any atom is -0.366 e. The predicted octanol–water partition coefficient (Wildman–Crippen LogP) is 3.83. The second-order valence-electron chi connectivity index (χ2n) is 4.18. The zero-order valence-corrected chi connectivity index (χ0v) is 11.5. The van der Waals surface area contributed by atoms with Gasteiger partial charge in [0.25, 0.3) is 0 Å². The average molecular weight is 304 g/mol. The zero-order chi connectivity index (χ0) is 11.4. The minimum atomic E-state index is 0.461. The van der Waals surface area contributed by atoms with Crippen LogP contribution in [0, 0.1) is 0 Å². The molecule has 1 aromatic heterocycles. The van der Waals surface area contributed by atoms with E-state index in [0.29, 0.717) is 11.9 Å². The highest BCUT2D eigenvalue weighted by atomic mass is 79.9. The van der Waals surface area contributed by atoms with Crippen molar-refractivity contribution in [3.8, 4) is 0 Å². The van der Waals surface area contributed by atoms with Gasteiger partial charge in [0.2, 0.25) is 0 Å². The molecule has 1 saturated heterocycles. The summed E-state index contributed by atoms with van der Waals surface area (Å²) in [6, 6.07) is 2.53. The van der Waals surface area contributed by atoms with Crippen molar-refractivity contribution in [2.45, 2.75) is 31.7 Å². The lowest BCUT2D eigenvalue weighted by Crippen LogP contribution is -2.36. The van der Waals surface area contributed by atoms with E-state index in [1.165, 1.54) is 31.4 Å². The van der Waals surface area contributed by atoms with Crippen LogP contribution < -0.4 is 4.90 Å². The molecule has 0 aliphatic carbocycles. The Kier molecular flexibility index (Phi) is 4.47. The molecule has 0 N–H and O–H groups in total. The van der Waals surface area contributed by atoms with Gasteiger partial charge in [-0.1, -0.05) is 12.8 Å². The van der Waals surface area contributed by atoms with Gasteiger partial charge in [0.1, 0.15) is 0 Å². The second-order valence-corrected chi connectivity index (χ2v) is 5.34. The summed E-state index contributed by atoms with van der Waals surface area (Å²) >= 11 is 9.64. The molecule has 0 aromatic carbocycles. The molecular weight excluding hydrogens is 288 g/mol. The zero-order valence-electron chi connectivity index (χ0n) is 9.20. The quantitative estimate of drug-likeness (QED) is 0.772. The van der Waals surface area contributed by atoms with E-state index in [4.69, 9.17) is 11.6 Å². The van der Waals surface area contributed by atoms with E-state index in [1.807, 2.05) is 12.4 Å². The molecule has 2 nitrogen and oxygen atoms in total. The first kappa shape index (κ1) is 12.2. The molecule has 2 rings (SSSR count). The molecular formula is C12H16BrClN2. The Labute approximate surface area is 110 Å². The third-order valence-corrected chi connectivity index (χ3v) is 4.08. The van der Waals surface area contributed by atoms with Crippen molar-refractivity contribution in [1.82, 2.24) is 4.98 Å². The van der Waals surface area contributed by atoms with E-state index in [-0.39, 0.29) is 0 Å². The largest absolute Gasteiger partial charge is 0.366 e. The lowest BCUT2D eigenvalue weighted by molar-refractivity contribution is 0.620. The van der Waals surface area contributed by atoms with Crippen LogP contribution in [0.25, 0.3) is 0 Å². The normalized spacial score (nSPS) is 21.9. The highest BCUT2D eigenvalue weighted by Crippen LogP contribution is 2.30. The maximum Gasteiger partial charge on any atom is 0.0592 e. The average Bonchev–Trinajstić information content (AvgIpc) is 2.54. The third kappa shape index (κ3) is 2.69. The molecule has 1 aliphatic heterocycles. The molecule has 0 radical (unpaired) electrons. The summed E-state index contributed by atoms with van der Waals surface area (Å²) in [7, 11) is 0. The molecule has 16 heavy (non-hydrogen) atoms. The summed E-state index contributed by atoms with van der Waals surface area (Å²) in [5, 5.41) is 0. The molecule has 0 bridgehead atoms. The Balaban J connectivity index is 2.25. The van der Waals surface area contributed by atoms with Gasteiger partial charge in [-0.15, -0.1) is 11.6 Å². The molecule has 2 heterocycles. The molecule has 0 saturated carbocycles. The van der Waals surface area contributed by atoms with Crippen LogP contribution in [-0.4, -0.2) is 23.5 Å². The van der Waals surface area contributed by atoms with Gasteiger partial charge in [0.05, 0.1) is 10.2 Å². The van der Waals surface area contributed by atoms with Gasteiger partial charge in [0.15, 0.2) is 0 Å². The van der Waals surface area contributed by atoms with E-state index in [0.717, 1.165) is 11.0 Å². The fourth-order valence-corrected chi connectivity index (χ4v) is 3.05. The van der Waals surface area contributed by atoms with Gasteiger partial charge in [-0.05, 0) is 34.8 Å². The summed E-state index contributed by atoms with van der Waals surface area (Å²) < 4.78 is 1.06. The van der Waals surface area contributed by atoms with Crippen molar-refractivity contribution < 1.29 is 0 Å². The maximum atomic E-state index is 6.08. The van der Waals surface area contributed by atoms with E-state index < -0.39 is 0 Å². The molecule has 4 heteroatoms. The van der Waals surface area contributed by atoms with Crippen molar-refractivity contribution in [2.75, 3.05) is 17.3 Å². The van der Waals surface area contributed by atoms with Crippen LogP contribution in [0.4, 0.5) is 5.69 Å². The van der Waals surface area contributed by atoms with Crippen LogP contribution in [0.3, 0.4) is 0 Å². The number of hydrogen-bond acceptors (Lipinski definition) is 2. The topological polar surface area (TPSA) is 16.1 Å². The Morgan fingerprint density at radius 1 is 1.44 bits per heavy atom. The Morgan fingerprint density at radius 3 is 3.06 bits per heavy atom. The van der Waals surface area contributed by atoms with Crippen molar-refractivity contribution in [2.24, 2.45) is 0 Å². The smallest absolute Gasteiger partial charge is 0.0592 e. The van der Waals surface area contributed by atoms with Gasteiger partial charge in [-0.25, -0.2) is 0 Å². The van der Waals surface area contributed by atoms with Crippen LogP contribution in [-0.2, 0) is 0 Å². The van der Waals surface area contributed by atoms with Crippen molar-refractivity contribution in [1.29, 1.82) is 0 Å². The molecule has 0 amide bonds. The van der Waals surface area contributed by atoms with Crippen LogP contribution in [0.5, 0.6) is 0 Å². The van der Waals surface area contributed by atoms with Crippen molar-refractivity contribution in [3.05, 3.63) is 22.9 Å². The lowest BCUT2D eigenvalue weighted by Gasteiger charge is -2.31. The molecule has 0 spiro atoms. The van der Waals surface area contributed by atoms with Crippen LogP contribution in [0.15, 0.2) is 22.9 Å². The fraction of sp³-hybridized carbons (Fsp3) is 0.583. The molecule has 1 fully saturated rings. The fourth-order valence-electron chi connectivity index (χ4n) is 2.26. The molecule has 1 aliphatic rings. The predicted molar refractivity (Wildman–Crippen MR) is 72.3 cm³/mol. The van der Waals surface area contributed by atoms with Crippen molar-refractivity contribution in [3.63, 3.8) is 0 Å². The SMILES string of the molecule is ClCC1CCCCCN1c1ccncc1Br. The number of aromatic nitrogens is 1. The first-order valence-electron chi connectivity index (χ1n) is 5.75. The number of nitrogens with zero attached hydrogens (tertiary/aromatic N) is 2. The van der Waals surface area contributed by atoms with Crippen LogP contribution in [0.1, 0.15) is 25.7 Å². The third-order valence-electron chi connectivity index (χ3n) is 3.12. The van der Waals surface area contributed by atoms with E-state index in [9.17, 15) is 0 Å². The molecule has 1 unspecified atom stereocenters. The highest BCUT2D eigenvalue weighted by Gasteiger charge is 2.21. The van der Waals surface area contributed by atoms with Crippen LogP contribution in [0.2, 0.25) is 0 Å². The molecule has 1 atom stereocenters. The van der Waals surface area contributed by atoms with Crippen LogP contribution >= 0.6 is 27.5 Å². The minimum absolute atomic E-state index is 0.461. The summed E-state index contributed by atoms with van der Waals surface area (Å²) in [6.07, 6.45) is 8.74. The second kappa shape index (κ2) is 5.87. The Hall–Kier alpha value is -0.280. The first-order chi connectivity index (χ1) is 7.83. The lowest BCUT2D eigenvalue weighted by atomic mass is 10.1. The molecule has 1 aromatic rings. The van der Waals surface area contributed by atoms with E-state index in [2.05, 4.69) is 31.9 Å².